The van der Waals surface area contributed by atoms with Crippen LogP contribution in [0.25, 0.3) is 10.4 Å². The zero-order valence-electron chi connectivity index (χ0n) is 11.4. The fourth-order valence-electron chi connectivity index (χ4n) is 1.69. The first-order valence-electron chi connectivity index (χ1n) is 5.95. The first-order chi connectivity index (χ1) is 10.9. The van der Waals surface area contributed by atoms with Gasteiger partial charge in [-0.15, -0.1) is 0 Å². The summed E-state index contributed by atoms with van der Waals surface area (Å²) in [6, 6.07) is 3.68. The molecule has 0 bridgehead atoms. The van der Waals surface area contributed by atoms with Crippen molar-refractivity contribution < 1.29 is 4.92 Å². The van der Waals surface area contributed by atoms with Crippen LogP contribution in [-0.2, 0) is 0 Å². The van der Waals surface area contributed by atoms with Crippen molar-refractivity contribution in [1.29, 1.82) is 0 Å². The van der Waals surface area contributed by atoms with Crippen LogP contribution in [0.4, 0.5) is 28.8 Å². The van der Waals surface area contributed by atoms with Gasteiger partial charge in [0.15, 0.2) is 11.5 Å². The lowest BCUT2D eigenvalue weighted by Crippen LogP contribution is -2.13. The third-order valence-electron chi connectivity index (χ3n) is 2.64. The fourth-order valence-corrected chi connectivity index (χ4v) is 1.69. The third kappa shape index (κ3) is 3.40. The Labute approximate surface area is 127 Å². The Morgan fingerprint density at radius 1 is 1.43 bits per heavy atom. The second-order valence-corrected chi connectivity index (χ2v) is 4.13. The number of nitrogens with two attached hydrogens (primary N) is 2. The molecule has 1 aromatic heterocycles. The minimum atomic E-state index is -0.694. The summed E-state index contributed by atoms with van der Waals surface area (Å²) < 4.78 is 0. The molecule has 1 aromatic carbocycles. The number of aromatic nitrogens is 2. The number of nitrogen functional groups attached to an aromatic ring is 2. The Kier molecular flexibility index (Phi) is 4.19. The van der Waals surface area contributed by atoms with Crippen LogP contribution in [0.3, 0.4) is 0 Å². The lowest BCUT2D eigenvalue weighted by atomic mass is 10.2. The average Bonchev–Trinajstić information content (AvgIpc) is 2.46. The number of nitro benzene ring substituents is 1. The summed E-state index contributed by atoms with van der Waals surface area (Å²) in [5.74, 6) is -0.404. The summed E-state index contributed by atoms with van der Waals surface area (Å²) in [5.41, 5.74) is 18.2. The molecule has 0 amide bonds. The summed E-state index contributed by atoms with van der Waals surface area (Å²) in [4.78, 5) is 34.3. The lowest BCUT2D eigenvalue weighted by molar-refractivity contribution is -0.385. The van der Waals surface area contributed by atoms with E-state index in [1.54, 1.807) is 0 Å². The third-order valence-corrected chi connectivity index (χ3v) is 2.64. The number of aliphatic imine (C=N–C) groups is 1. The molecule has 0 aliphatic carbocycles. The number of nitro groups is 1. The fraction of sp³-hybridized carbons (Fsp3) is 0. The number of H-pyrrole nitrogens is 1. The van der Waals surface area contributed by atoms with Gasteiger partial charge in [0.1, 0.15) is 0 Å². The summed E-state index contributed by atoms with van der Waals surface area (Å²) in [7, 11) is 0. The quantitative estimate of drug-likeness (QED) is 0.190. The van der Waals surface area contributed by atoms with Crippen molar-refractivity contribution in [1.82, 2.24) is 9.97 Å². The minimum Gasteiger partial charge on any atom is -0.382 e. The van der Waals surface area contributed by atoms with E-state index >= 15 is 0 Å². The molecule has 2 rings (SSSR count). The lowest BCUT2D eigenvalue weighted by Gasteiger charge is -2.01. The molecule has 2 aromatic rings. The van der Waals surface area contributed by atoms with Crippen molar-refractivity contribution >= 4 is 35.0 Å². The molecule has 0 saturated carbocycles. The SMILES string of the molecule is [N-]=[N+]=Nc1ccc([N+](=O)[O-])c(C=Nc2c(N)nc(N)[nH]c2=O)c1. The molecule has 0 saturated heterocycles. The number of rotatable bonds is 4. The Morgan fingerprint density at radius 2 is 2.17 bits per heavy atom. The predicted molar refractivity (Wildman–Crippen MR) is 82.8 cm³/mol. The van der Waals surface area contributed by atoms with Crippen molar-refractivity contribution in [3.05, 3.63) is 54.7 Å². The predicted octanol–water partition coefficient (Wildman–Crippen LogP) is 1.53. The molecule has 0 unspecified atom stereocenters. The zero-order chi connectivity index (χ0) is 17.0. The van der Waals surface area contributed by atoms with Gasteiger partial charge in [-0.05, 0) is 17.7 Å². The topological polar surface area (TPSA) is 202 Å². The molecule has 12 nitrogen and oxygen atoms in total. The van der Waals surface area contributed by atoms with Gasteiger partial charge in [-0.1, -0.05) is 5.11 Å². The molecular formula is C11H9N9O3. The van der Waals surface area contributed by atoms with Gasteiger partial charge in [0.25, 0.3) is 11.2 Å². The average molecular weight is 315 g/mol. The molecule has 5 N–H and O–H groups in total. The van der Waals surface area contributed by atoms with E-state index in [-0.39, 0.29) is 34.4 Å². The molecule has 0 fully saturated rings. The standard InChI is InChI=1S/C11H9N9O3/c12-9-8(10(21)17-11(13)16-9)15-4-5-3-6(18-19-14)1-2-7(5)20(22)23/h1-4H,(H5,12,13,16,17,21). The summed E-state index contributed by atoms with van der Waals surface area (Å²) in [5, 5.41) is 14.3. The van der Waals surface area contributed by atoms with E-state index in [0.717, 1.165) is 12.3 Å². The minimum absolute atomic E-state index is 0.0236. The second kappa shape index (κ2) is 6.24. The number of hydrogen-bond donors (Lipinski definition) is 3. The van der Waals surface area contributed by atoms with Crippen LogP contribution in [-0.4, -0.2) is 21.1 Å². The largest absolute Gasteiger partial charge is 0.382 e. The molecule has 0 radical (unpaired) electrons. The number of nitrogens with one attached hydrogen (secondary N) is 1. The monoisotopic (exact) mass is 315 g/mol. The van der Waals surface area contributed by atoms with Crippen molar-refractivity contribution in [2.45, 2.75) is 0 Å². The van der Waals surface area contributed by atoms with Crippen LogP contribution in [0, 0.1) is 10.1 Å². The smallest absolute Gasteiger partial charge is 0.280 e. The van der Waals surface area contributed by atoms with Crippen LogP contribution in [0.1, 0.15) is 5.56 Å². The van der Waals surface area contributed by atoms with Crippen LogP contribution in [0.2, 0.25) is 0 Å². The second-order valence-electron chi connectivity index (χ2n) is 4.13. The molecule has 0 aliphatic rings. The maximum Gasteiger partial charge on any atom is 0.280 e. The van der Waals surface area contributed by atoms with E-state index in [9.17, 15) is 14.9 Å². The van der Waals surface area contributed by atoms with Crippen LogP contribution >= 0.6 is 0 Å². The van der Waals surface area contributed by atoms with Gasteiger partial charge >= 0.3 is 0 Å². The van der Waals surface area contributed by atoms with Crippen molar-refractivity contribution in [2.75, 3.05) is 11.5 Å². The van der Waals surface area contributed by atoms with E-state index in [1.807, 2.05) is 0 Å². The highest BCUT2D eigenvalue weighted by Gasteiger charge is 2.13. The van der Waals surface area contributed by atoms with E-state index in [1.165, 1.54) is 12.1 Å². The normalized spacial score (nSPS) is 10.4. The first kappa shape index (κ1) is 15.5. The first-order valence-corrected chi connectivity index (χ1v) is 5.95. The Morgan fingerprint density at radius 3 is 2.78 bits per heavy atom. The molecule has 12 heteroatoms. The maximum atomic E-state index is 11.7. The number of nitrogens with zero attached hydrogens (tertiary/aromatic N) is 6. The molecule has 0 aliphatic heterocycles. The maximum absolute atomic E-state index is 11.7. The molecular weight excluding hydrogens is 306 g/mol. The van der Waals surface area contributed by atoms with Gasteiger partial charge in [0.05, 0.1) is 10.5 Å². The van der Waals surface area contributed by atoms with E-state index < -0.39 is 10.5 Å². The molecule has 0 spiro atoms. The Hall–Kier alpha value is -3.92. The number of anilines is 2. The number of benzene rings is 1. The molecule has 23 heavy (non-hydrogen) atoms. The van der Waals surface area contributed by atoms with Crippen molar-refractivity contribution in [3.63, 3.8) is 0 Å². The Balaban J connectivity index is 2.54. The summed E-state index contributed by atoms with van der Waals surface area (Å²) >= 11 is 0. The Bertz CT molecular complexity index is 911. The number of azide groups is 1. The highest BCUT2D eigenvalue weighted by atomic mass is 16.6. The van der Waals surface area contributed by atoms with Crippen LogP contribution in [0.15, 0.2) is 33.1 Å². The van der Waals surface area contributed by atoms with Gasteiger partial charge in [-0.25, -0.2) is 4.99 Å². The van der Waals surface area contributed by atoms with Gasteiger partial charge in [-0.3, -0.25) is 19.9 Å². The number of hydrogen-bond acceptors (Lipinski definition) is 8. The van der Waals surface area contributed by atoms with Gasteiger partial charge in [-0.2, -0.15) is 4.98 Å². The highest BCUT2D eigenvalue weighted by molar-refractivity contribution is 5.89. The molecule has 0 atom stereocenters. The number of aromatic amines is 1. The van der Waals surface area contributed by atoms with Crippen molar-refractivity contribution in [3.8, 4) is 0 Å². The van der Waals surface area contributed by atoms with Crippen LogP contribution < -0.4 is 17.0 Å². The van der Waals surface area contributed by atoms with Gasteiger partial charge in [0, 0.05) is 22.9 Å². The summed E-state index contributed by atoms with van der Waals surface area (Å²) in [6.45, 7) is 0. The molecule has 1 heterocycles. The van der Waals surface area contributed by atoms with Gasteiger partial charge in [0.2, 0.25) is 5.95 Å². The van der Waals surface area contributed by atoms with E-state index in [4.69, 9.17) is 17.0 Å². The highest BCUT2D eigenvalue weighted by Crippen LogP contribution is 2.24. The van der Waals surface area contributed by atoms with E-state index in [0.29, 0.717) is 0 Å². The van der Waals surface area contributed by atoms with Crippen LogP contribution in [0.5, 0.6) is 0 Å². The van der Waals surface area contributed by atoms with E-state index in [2.05, 4.69) is 25.0 Å². The molecule has 116 valence electrons. The van der Waals surface area contributed by atoms with Crippen molar-refractivity contribution in [2.24, 2.45) is 10.1 Å². The summed E-state index contributed by atoms with van der Waals surface area (Å²) in [6.07, 6.45) is 1.05. The van der Waals surface area contributed by atoms with Gasteiger partial charge < -0.3 is 11.5 Å². The zero-order valence-corrected chi connectivity index (χ0v) is 11.4.